The molecule has 106 valence electrons. The summed E-state index contributed by atoms with van der Waals surface area (Å²) >= 11 is 0. The van der Waals surface area contributed by atoms with Gasteiger partial charge >= 0.3 is 0 Å². The molecule has 0 bridgehead atoms. The number of carbonyl (C=O) groups is 1. The van der Waals surface area contributed by atoms with Crippen LogP contribution in [0.3, 0.4) is 0 Å². The number of hydrogen-bond acceptors (Lipinski definition) is 4. The van der Waals surface area contributed by atoms with Crippen molar-refractivity contribution in [2.24, 2.45) is 0 Å². The van der Waals surface area contributed by atoms with Crippen LogP contribution in [0.4, 0.5) is 0 Å². The summed E-state index contributed by atoms with van der Waals surface area (Å²) in [6.07, 6.45) is 1.82. The molecule has 0 aromatic heterocycles. The minimum absolute atomic E-state index is 0.0893. The van der Waals surface area contributed by atoms with E-state index in [1.165, 1.54) is 0 Å². The molecule has 2 unspecified atom stereocenters. The molecule has 0 aromatic carbocycles. The Kier molecular flexibility index (Phi) is 7.23. The van der Waals surface area contributed by atoms with E-state index in [1.54, 1.807) is 0 Å². The zero-order valence-electron chi connectivity index (χ0n) is 11.8. The lowest BCUT2D eigenvalue weighted by molar-refractivity contribution is -0.144. The van der Waals surface area contributed by atoms with Crippen LogP contribution < -0.4 is 5.32 Å². The summed E-state index contributed by atoms with van der Waals surface area (Å²) in [5.41, 5.74) is 0. The number of ether oxygens (including phenoxy) is 2. The molecule has 1 rings (SSSR count). The number of amides is 1. The fourth-order valence-corrected chi connectivity index (χ4v) is 2.17. The van der Waals surface area contributed by atoms with Crippen LogP contribution >= 0.6 is 0 Å². The summed E-state index contributed by atoms with van der Waals surface area (Å²) in [6.45, 7) is 7.10. The third kappa shape index (κ3) is 4.92. The number of nitrogens with one attached hydrogen (secondary N) is 1. The van der Waals surface area contributed by atoms with Gasteiger partial charge in [0.15, 0.2) is 0 Å². The van der Waals surface area contributed by atoms with Gasteiger partial charge in [0, 0.05) is 25.7 Å². The van der Waals surface area contributed by atoms with Gasteiger partial charge < -0.3 is 19.7 Å². The van der Waals surface area contributed by atoms with Crippen LogP contribution in [0.5, 0.6) is 0 Å². The van der Waals surface area contributed by atoms with E-state index in [0.717, 1.165) is 25.9 Å². The van der Waals surface area contributed by atoms with Crippen molar-refractivity contribution in [3.63, 3.8) is 0 Å². The first-order valence-electron chi connectivity index (χ1n) is 6.84. The van der Waals surface area contributed by atoms with E-state index in [2.05, 4.69) is 5.32 Å². The first-order valence-corrected chi connectivity index (χ1v) is 6.84. The van der Waals surface area contributed by atoms with Crippen LogP contribution in [0.1, 0.15) is 26.7 Å². The first-order chi connectivity index (χ1) is 8.69. The van der Waals surface area contributed by atoms with Gasteiger partial charge in [-0.25, -0.2) is 0 Å². The molecule has 5 nitrogen and oxygen atoms in total. The Labute approximate surface area is 110 Å². The summed E-state index contributed by atoms with van der Waals surface area (Å²) in [5.74, 6) is 0.0893. The van der Waals surface area contributed by atoms with Crippen molar-refractivity contribution in [3.8, 4) is 0 Å². The smallest absolute Gasteiger partial charge is 0.251 e. The highest BCUT2D eigenvalue weighted by Gasteiger charge is 2.26. The molecule has 1 fully saturated rings. The highest BCUT2D eigenvalue weighted by molar-refractivity contribution is 5.80. The number of likely N-dealkylation sites (N-methyl/N-ethyl adjacent to an activating group) is 1. The Morgan fingerprint density at radius 2 is 2.28 bits per heavy atom. The SMILES string of the molecule is CCOCCOC(C)C(=O)N1CCCC(NC)C1. The molecule has 1 heterocycles. The van der Waals surface area contributed by atoms with E-state index < -0.39 is 0 Å². The molecule has 0 aromatic rings. The zero-order chi connectivity index (χ0) is 13.4. The van der Waals surface area contributed by atoms with E-state index in [-0.39, 0.29) is 12.0 Å². The van der Waals surface area contributed by atoms with Crippen molar-refractivity contribution >= 4 is 5.91 Å². The Morgan fingerprint density at radius 1 is 1.50 bits per heavy atom. The predicted octanol–water partition coefficient (Wildman–Crippen LogP) is 0.638. The number of piperidine rings is 1. The number of rotatable bonds is 7. The lowest BCUT2D eigenvalue weighted by Gasteiger charge is -2.34. The molecule has 1 aliphatic heterocycles. The fraction of sp³-hybridized carbons (Fsp3) is 0.923. The van der Waals surface area contributed by atoms with Gasteiger partial charge in [-0.1, -0.05) is 0 Å². The lowest BCUT2D eigenvalue weighted by atomic mass is 10.1. The van der Waals surface area contributed by atoms with Crippen LogP contribution in [-0.4, -0.2) is 62.9 Å². The second-order valence-electron chi connectivity index (χ2n) is 4.62. The molecular formula is C13H26N2O3. The van der Waals surface area contributed by atoms with Crippen molar-refractivity contribution < 1.29 is 14.3 Å². The number of nitrogens with zero attached hydrogens (tertiary/aromatic N) is 1. The second kappa shape index (κ2) is 8.45. The van der Waals surface area contributed by atoms with Crippen LogP contribution in [-0.2, 0) is 14.3 Å². The van der Waals surface area contributed by atoms with E-state index in [9.17, 15) is 4.79 Å². The van der Waals surface area contributed by atoms with Gasteiger partial charge in [-0.2, -0.15) is 0 Å². The van der Waals surface area contributed by atoms with Crippen molar-refractivity contribution in [1.29, 1.82) is 0 Å². The van der Waals surface area contributed by atoms with Gasteiger partial charge in [-0.15, -0.1) is 0 Å². The molecule has 0 radical (unpaired) electrons. The first kappa shape index (κ1) is 15.4. The van der Waals surface area contributed by atoms with Crippen molar-refractivity contribution in [1.82, 2.24) is 10.2 Å². The van der Waals surface area contributed by atoms with Crippen LogP contribution in [0.25, 0.3) is 0 Å². The summed E-state index contributed by atoms with van der Waals surface area (Å²) in [7, 11) is 1.95. The number of likely N-dealkylation sites (tertiary alicyclic amines) is 1. The molecule has 1 amide bonds. The minimum Gasteiger partial charge on any atom is -0.379 e. The second-order valence-corrected chi connectivity index (χ2v) is 4.62. The topological polar surface area (TPSA) is 50.8 Å². The molecule has 0 spiro atoms. The van der Waals surface area contributed by atoms with Crippen LogP contribution in [0.2, 0.25) is 0 Å². The van der Waals surface area contributed by atoms with E-state index in [4.69, 9.17) is 9.47 Å². The monoisotopic (exact) mass is 258 g/mol. The van der Waals surface area contributed by atoms with Crippen molar-refractivity contribution in [2.45, 2.75) is 38.8 Å². The molecule has 0 aliphatic carbocycles. The molecule has 18 heavy (non-hydrogen) atoms. The van der Waals surface area contributed by atoms with Crippen LogP contribution in [0.15, 0.2) is 0 Å². The minimum atomic E-state index is -0.374. The molecule has 0 saturated carbocycles. The zero-order valence-corrected chi connectivity index (χ0v) is 11.8. The molecule has 1 saturated heterocycles. The average Bonchev–Trinajstić information content (AvgIpc) is 2.42. The average molecular weight is 258 g/mol. The third-order valence-electron chi connectivity index (χ3n) is 3.29. The molecule has 5 heteroatoms. The Hall–Kier alpha value is -0.650. The van der Waals surface area contributed by atoms with Crippen LogP contribution in [0, 0.1) is 0 Å². The fourth-order valence-electron chi connectivity index (χ4n) is 2.17. The van der Waals surface area contributed by atoms with E-state index in [0.29, 0.717) is 25.9 Å². The largest absolute Gasteiger partial charge is 0.379 e. The molecule has 2 atom stereocenters. The van der Waals surface area contributed by atoms with Gasteiger partial charge in [0.05, 0.1) is 13.2 Å². The van der Waals surface area contributed by atoms with Gasteiger partial charge in [-0.05, 0) is 33.7 Å². The van der Waals surface area contributed by atoms with Gasteiger partial charge in [0.25, 0.3) is 5.91 Å². The maximum atomic E-state index is 12.2. The number of carbonyl (C=O) groups excluding carboxylic acids is 1. The summed E-state index contributed by atoms with van der Waals surface area (Å²) in [5, 5.41) is 3.23. The molecule has 1 N–H and O–H groups in total. The van der Waals surface area contributed by atoms with Gasteiger partial charge in [-0.3, -0.25) is 4.79 Å². The van der Waals surface area contributed by atoms with E-state index >= 15 is 0 Å². The third-order valence-corrected chi connectivity index (χ3v) is 3.29. The Morgan fingerprint density at radius 3 is 2.94 bits per heavy atom. The molecular weight excluding hydrogens is 232 g/mol. The van der Waals surface area contributed by atoms with Gasteiger partial charge in [0.2, 0.25) is 0 Å². The van der Waals surface area contributed by atoms with E-state index in [1.807, 2.05) is 25.8 Å². The van der Waals surface area contributed by atoms with Gasteiger partial charge in [0.1, 0.15) is 6.10 Å². The lowest BCUT2D eigenvalue weighted by Crippen LogP contribution is -2.50. The Balaban J connectivity index is 2.29. The quantitative estimate of drug-likeness (QED) is 0.681. The predicted molar refractivity (Wildman–Crippen MR) is 70.6 cm³/mol. The normalized spacial score (nSPS) is 21.9. The standard InChI is InChI=1S/C13H26N2O3/c1-4-17-8-9-18-11(2)13(16)15-7-5-6-12(10-15)14-3/h11-12,14H,4-10H2,1-3H3. The highest BCUT2D eigenvalue weighted by atomic mass is 16.5. The molecule has 1 aliphatic rings. The number of hydrogen-bond donors (Lipinski definition) is 1. The Bertz CT molecular complexity index is 248. The summed E-state index contributed by atoms with van der Waals surface area (Å²) < 4.78 is 10.7. The van der Waals surface area contributed by atoms with Crippen molar-refractivity contribution in [2.75, 3.05) is 40.0 Å². The highest BCUT2D eigenvalue weighted by Crippen LogP contribution is 2.11. The summed E-state index contributed by atoms with van der Waals surface area (Å²) in [4.78, 5) is 14.1. The maximum absolute atomic E-state index is 12.2. The summed E-state index contributed by atoms with van der Waals surface area (Å²) in [6, 6.07) is 0.415. The maximum Gasteiger partial charge on any atom is 0.251 e. The van der Waals surface area contributed by atoms with Crippen molar-refractivity contribution in [3.05, 3.63) is 0 Å².